The molecule has 0 bridgehead atoms. The first-order valence-corrected chi connectivity index (χ1v) is 21.1. The molecule has 21 atom stereocenters. The highest BCUT2D eigenvalue weighted by Gasteiger charge is 2.83. The molecule has 55 heavy (non-hydrogen) atoms. The third-order valence-electron chi connectivity index (χ3n) is 17.8. The van der Waals surface area contributed by atoms with E-state index in [2.05, 4.69) is 40.7 Å². The van der Waals surface area contributed by atoms with Crippen LogP contribution in [0.25, 0.3) is 0 Å². The van der Waals surface area contributed by atoms with Gasteiger partial charge in [-0.1, -0.05) is 46.3 Å². The third-order valence-corrected chi connectivity index (χ3v) is 17.8. The lowest BCUT2D eigenvalue weighted by atomic mass is 9.41. The highest BCUT2D eigenvalue weighted by Crippen LogP contribution is 2.89. The Labute approximate surface area is 325 Å². The number of hydrogen-bond donors (Lipinski definition) is 8. The molecule has 3 heterocycles. The first-order chi connectivity index (χ1) is 25.9. The quantitative estimate of drug-likeness (QED) is 0.124. The van der Waals surface area contributed by atoms with Gasteiger partial charge in [0.25, 0.3) is 0 Å². The minimum atomic E-state index is -1.47. The van der Waals surface area contributed by atoms with Gasteiger partial charge >= 0.3 is 0 Å². The van der Waals surface area contributed by atoms with Crippen LogP contribution in [0.3, 0.4) is 0 Å². The van der Waals surface area contributed by atoms with Crippen molar-refractivity contribution in [3.63, 3.8) is 0 Å². The fourth-order valence-corrected chi connectivity index (χ4v) is 14.7. The van der Waals surface area contributed by atoms with Gasteiger partial charge < -0.3 is 64.5 Å². The van der Waals surface area contributed by atoms with Crippen molar-refractivity contribution >= 4 is 0 Å². The molecule has 3 aliphatic heterocycles. The molecule has 5 aliphatic carbocycles. The van der Waals surface area contributed by atoms with E-state index in [4.69, 9.17) is 23.7 Å². The zero-order chi connectivity index (χ0) is 39.6. The smallest absolute Gasteiger partial charge is 0.187 e. The summed E-state index contributed by atoms with van der Waals surface area (Å²) in [6, 6.07) is 0. The van der Waals surface area contributed by atoms with E-state index in [1.807, 2.05) is 6.92 Å². The molecular weight excluding hydrogens is 712 g/mol. The van der Waals surface area contributed by atoms with Crippen LogP contribution in [-0.2, 0) is 23.7 Å². The molecular formula is C42H68O13. The highest BCUT2D eigenvalue weighted by atomic mass is 16.7. The van der Waals surface area contributed by atoms with Crippen molar-refractivity contribution < 1.29 is 64.5 Å². The molecule has 0 aromatic heterocycles. The number of fused-ring (bicyclic) bond motifs is 4. The Morgan fingerprint density at radius 1 is 0.691 bits per heavy atom. The Kier molecular flexibility index (Phi) is 10.6. The number of aliphatic hydroxyl groups is 8. The molecule has 3 saturated heterocycles. The molecule has 8 fully saturated rings. The number of rotatable bonds is 9. The second-order valence-electron chi connectivity index (χ2n) is 20.3. The van der Waals surface area contributed by atoms with Crippen LogP contribution in [0, 0.1) is 50.7 Å². The summed E-state index contributed by atoms with van der Waals surface area (Å²) in [5.74, 6) is 1.97. The van der Waals surface area contributed by atoms with Crippen LogP contribution in [0.1, 0.15) is 99.3 Å². The van der Waals surface area contributed by atoms with Crippen LogP contribution in [0.4, 0.5) is 0 Å². The van der Waals surface area contributed by atoms with Crippen molar-refractivity contribution in [2.45, 2.75) is 179 Å². The largest absolute Gasteiger partial charge is 0.394 e. The second kappa shape index (κ2) is 14.2. The Hall–Kier alpha value is -0.780. The van der Waals surface area contributed by atoms with Crippen molar-refractivity contribution in [2.75, 3.05) is 19.8 Å². The van der Waals surface area contributed by atoms with E-state index in [0.717, 1.165) is 37.7 Å². The summed E-state index contributed by atoms with van der Waals surface area (Å²) in [7, 11) is 0. The number of hydrogen-bond acceptors (Lipinski definition) is 13. The highest BCUT2D eigenvalue weighted by molar-refractivity contribution is 5.32. The van der Waals surface area contributed by atoms with Gasteiger partial charge in [-0.25, -0.2) is 0 Å². The van der Waals surface area contributed by atoms with Gasteiger partial charge in [-0.15, -0.1) is 0 Å². The lowest BCUT2D eigenvalue weighted by Gasteiger charge is -2.63. The van der Waals surface area contributed by atoms with Crippen LogP contribution in [0.15, 0.2) is 11.6 Å². The van der Waals surface area contributed by atoms with E-state index >= 15 is 0 Å². The van der Waals surface area contributed by atoms with E-state index in [9.17, 15) is 40.9 Å². The first kappa shape index (κ1) is 41.0. The fourth-order valence-electron chi connectivity index (χ4n) is 14.7. The Morgan fingerprint density at radius 2 is 1.29 bits per heavy atom. The van der Waals surface area contributed by atoms with Gasteiger partial charge in [-0.3, -0.25) is 0 Å². The summed E-state index contributed by atoms with van der Waals surface area (Å²) in [6.45, 7) is 13.3. The molecule has 5 saturated carbocycles. The predicted octanol–water partition coefficient (Wildman–Crippen LogP) is 1.78. The van der Waals surface area contributed by atoms with Crippen molar-refractivity contribution in [3.05, 3.63) is 11.6 Å². The van der Waals surface area contributed by atoms with E-state index < -0.39 is 74.6 Å². The maximum Gasteiger partial charge on any atom is 0.187 e. The van der Waals surface area contributed by atoms with Crippen molar-refractivity contribution in [2.24, 2.45) is 50.7 Å². The fraction of sp³-hybridized carbons (Fsp3) is 0.952. The predicted molar refractivity (Wildman–Crippen MR) is 197 cm³/mol. The first-order valence-electron chi connectivity index (χ1n) is 21.1. The topological polar surface area (TPSA) is 208 Å². The van der Waals surface area contributed by atoms with Crippen molar-refractivity contribution in [1.29, 1.82) is 0 Å². The van der Waals surface area contributed by atoms with Crippen LogP contribution < -0.4 is 0 Å². The van der Waals surface area contributed by atoms with E-state index in [0.29, 0.717) is 29.1 Å². The molecule has 2 spiro atoms. The zero-order valence-corrected chi connectivity index (χ0v) is 33.5. The Balaban J connectivity index is 0.911. The monoisotopic (exact) mass is 780 g/mol. The molecule has 8 rings (SSSR count). The summed E-state index contributed by atoms with van der Waals surface area (Å²) < 4.78 is 30.6. The lowest BCUT2D eigenvalue weighted by molar-refractivity contribution is -0.326. The molecule has 0 amide bonds. The van der Waals surface area contributed by atoms with Crippen LogP contribution in [-0.4, -0.2) is 140 Å². The second-order valence-corrected chi connectivity index (χ2v) is 20.3. The molecule has 314 valence electrons. The van der Waals surface area contributed by atoms with Crippen LogP contribution in [0.2, 0.25) is 0 Å². The molecule has 0 aromatic carbocycles. The Morgan fingerprint density at radius 3 is 1.95 bits per heavy atom. The van der Waals surface area contributed by atoms with E-state index in [1.165, 1.54) is 25.7 Å². The van der Waals surface area contributed by atoms with Gasteiger partial charge in [-0.2, -0.15) is 0 Å². The van der Waals surface area contributed by atoms with Gasteiger partial charge in [-0.05, 0) is 115 Å². The third kappa shape index (κ3) is 5.87. The average molecular weight is 781 g/mol. The average Bonchev–Trinajstić information content (AvgIpc) is 3.63. The minimum absolute atomic E-state index is 0.0947. The Bertz CT molecular complexity index is 1460. The molecule has 0 aromatic rings. The summed E-state index contributed by atoms with van der Waals surface area (Å²) in [4.78, 5) is 0. The number of ether oxygens (including phenoxy) is 5. The molecule has 13 nitrogen and oxygen atoms in total. The minimum Gasteiger partial charge on any atom is -0.394 e. The summed E-state index contributed by atoms with van der Waals surface area (Å²) in [5, 5.41) is 81.3. The van der Waals surface area contributed by atoms with E-state index in [1.54, 1.807) is 0 Å². The number of aliphatic hydroxyl groups excluding tert-OH is 8. The van der Waals surface area contributed by atoms with Gasteiger partial charge in [0.05, 0.1) is 38.1 Å². The van der Waals surface area contributed by atoms with Gasteiger partial charge in [0.2, 0.25) is 0 Å². The summed E-state index contributed by atoms with van der Waals surface area (Å²) in [6.07, 6.45) is -0.782. The van der Waals surface area contributed by atoms with Crippen LogP contribution >= 0.6 is 0 Å². The molecule has 0 radical (unpaired) electrons. The summed E-state index contributed by atoms with van der Waals surface area (Å²) in [5.41, 5.74) is 1.70. The molecule has 0 unspecified atom stereocenters. The molecule has 13 heteroatoms. The SMILES string of the molecule is C/C(=C\C[C@H]1O[C@H]2C[C@@]3(C)[C@@H]4CC[C@H]5C(C)(C)[C@@H](O[C@H]6O[C@H](CO)[C@@H](O)[C@H](O)[C@H]6O)CC[C@@]56C[C@@]46CC[C@]3(C)[C@H]2[C@@H]1C)CO[C@@H]1O[C@H](CO)[C@@H](O)[C@H](O)[C@H]1O. The summed E-state index contributed by atoms with van der Waals surface area (Å²) >= 11 is 0. The lowest BCUT2D eigenvalue weighted by Crippen LogP contribution is -2.62. The zero-order valence-electron chi connectivity index (χ0n) is 33.5. The molecule has 8 N–H and O–H groups in total. The van der Waals surface area contributed by atoms with E-state index in [-0.39, 0.29) is 46.6 Å². The van der Waals surface area contributed by atoms with Crippen molar-refractivity contribution in [3.8, 4) is 0 Å². The van der Waals surface area contributed by atoms with Crippen LogP contribution in [0.5, 0.6) is 0 Å². The maximum absolute atomic E-state index is 10.8. The van der Waals surface area contributed by atoms with Gasteiger partial charge in [0, 0.05) is 0 Å². The van der Waals surface area contributed by atoms with Gasteiger partial charge in [0.15, 0.2) is 12.6 Å². The standard InChI is InChI=1S/C42H68O13/c1-20(18-51-36-34(49)32(47)30(45)24(16-43)53-36)7-8-22-21(2)29-23(52-22)15-40(6)27-10-9-26-38(3,4)28(55-37-35(50)33(48)31(46)25(17-44)54-37)11-12-41(26)19-42(27,41)14-13-39(29,40)5/h7,21-37,43-50H,8-19H2,1-6H3/b20-7+/t21-,22-,23+,24-,25-,26+,27+,28+,29+,30-,31-,32+,33+,34-,35-,36-,37-,39-,40+,41-,42+/m1/s1. The van der Waals surface area contributed by atoms with Crippen molar-refractivity contribution in [1.82, 2.24) is 0 Å². The van der Waals surface area contributed by atoms with Gasteiger partial charge in [0.1, 0.15) is 48.8 Å². The molecule has 8 aliphatic rings. The maximum atomic E-state index is 10.8. The normalized spacial score (nSPS) is 56.9.